The Labute approximate surface area is 123 Å². The fourth-order valence-electron chi connectivity index (χ4n) is 1.62. The minimum absolute atomic E-state index is 0.227. The molecule has 0 saturated heterocycles. The zero-order valence-corrected chi connectivity index (χ0v) is 11.9. The first-order chi connectivity index (χ1) is 9.18. The second-order valence-corrected chi connectivity index (χ2v) is 5.59. The molecule has 2 rings (SSSR count). The third-order valence-electron chi connectivity index (χ3n) is 2.42. The minimum atomic E-state index is -4.86. The maximum Gasteiger partial charge on any atom is 0.419 e. The standard InChI is InChI=1S/C10H4Cl2F3NO3S/c1-19-9(18)2-5-6(20-7(2)12)3(10(13,14)15)4(11)8(17)16-5/h1H3,(H,16,17). The molecule has 0 aliphatic heterocycles. The van der Waals surface area contributed by atoms with Crippen LogP contribution in [-0.4, -0.2) is 18.1 Å². The van der Waals surface area contributed by atoms with Crippen molar-refractivity contribution in [3.05, 3.63) is 30.8 Å². The Morgan fingerprint density at radius 1 is 1.35 bits per heavy atom. The van der Waals surface area contributed by atoms with Gasteiger partial charge in [-0.15, -0.1) is 11.3 Å². The molecule has 0 aliphatic rings. The summed E-state index contributed by atoms with van der Waals surface area (Å²) in [5.41, 5.74) is -3.15. The molecule has 4 nitrogen and oxygen atoms in total. The van der Waals surface area contributed by atoms with Gasteiger partial charge in [0.25, 0.3) is 5.56 Å². The summed E-state index contributed by atoms with van der Waals surface area (Å²) < 4.78 is 42.8. The smallest absolute Gasteiger partial charge is 0.419 e. The number of esters is 1. The molecule has 2 aromatic heterocycles. The van der Waals surface area contributed by atoms with Crippen LogP contribution in [-0.2, 0) is 10.9 Å². The van der Waals surface area contributed by atoms with Gasteiger partial charge in [0.2, 0.25) is 0 Å². The molecule has 0 spiro atoms. The van der Waals surface area contributed by atoms with Crippen LogP contribution in [0, 0.1) is 0 Å². The first-order valence-corrected chi connectivity index (χ1v) is 6.45. The summed E-state index contributed by atoms with van der Waals surface area (Å²) in [4.78, 5) is 25.1. The fraction of sp³-hybridized carbons (Fsp3) is 0.200. The molecule has 1 N–H and O–H groups in total. The minimum Gasteiger partial charge on any atom is -0.465 e. The molecule has 0 unspecified atom stereocenters. The lowest BCUT2D eigenvalue weighted by molar-refractivity contribution is -0.136. The summed E-state index contributed by atoms with van der Waals surface area (Å²) in [6.45, 7) is 0. The average Bonchev–Trinajstić information content (AvgIpc) is 2.63. The Balaban J connectivity index is 2.99. The van der Waals surface area contributed by atoms with E-state index in [1.165, 1.54) is 0 Å². The van der Waals surface area contributed by atoms with E-state index in [1.54, 1.807) is 0 Å². The number of aromatic amines is 1. The summed E-state index contributed by atoms with van der Waals surface area (Å²) in [5.74, 6) is -0.952. The van der Waals surface area contributed by atoms with Crippen LogP contribution < -0.4 is 5.56 Å². The Morgan fingerprint density at radius 2 is 1.95 bits per heavy atom. The van der Waals surface area contributed by atoms with Gasteiger partial charge in [-0.2, -0.15) is 13.2 Å². The number of thiophene rings is 1. The number of hydrogen-bond acceptors (Lipinski definition) is 4. The maximum absolute atomic E-state index is 13.0. The van der Waals surface area contributed by atoms with Crippen molar-refractivity contribution in [2.24, 2.45) is 0 Å². The first kappa shape index (κ1) is 15.1. The highest BCUT2D eigenvalue weighted by Gasteiger charge is 2.39. The summed E-state index contributed by atoms with van der Waals surface area (Å²) in [5, 5.41) is -1.00. The van der Waals surface area contributed by atoms with Gasteiger partial charge in [0, 0.05) is 0 Å². The Morgan fingerprint density at radius 3 is 2.45 bits per heavy atom. The molecule has 0 amide bonds. The predicted octanol–water partition coefficient (Wildman–Crippen LogP) is 3.70. The van der Waals surface area contributed by atoms with Gasteiger partial charge in [-0.25, -0.2) is 4.79 Å². The normalized spacial score (nSPS) is 11.9. The third-order valence-corrected chi connectivity index (χ3v) is 4.20. The highest BCUT2D eigenvalue weighted by molar-refractivity contribution is 7.23. The van der Waals surface area contributed by atoms with E-state index in [0.717, 1.165) is 7.11 Å². The van der Waals surface area contributed by atoms with Gasteiger partial charge in [-0.3, -0.25) is 4.79 Å². The van der Waals surface area contributed by atoms with E-state index in [-0.39, 0.29) is 15.4 Å². The van der Waals surface area contributed by atoms with Gasteiger partial charge in [-0.1, -0.05) is 23.2 Å². The van der Waals surface area contributed by atoms with E-state index < -0.39 is 33.0 Å². The fourth-order valence-corrected chi connectivity index (χ4v) is 3.37. The van der Waals surface area contributed by atoms with E-state index in [2.05, 4.69) is 9.72 Å². The number of carbonyl (C=O) groups excluding carboxylic acids is 1. The second kappa shape index (κ2) is 4.94. The molecule has 0 radical (unpaired) electrons. The molecule has 2 heterocycles. The van der Waals surface area contributed by atoms with E-state index in [1.807, 2.05) is 0 Å². The van der Waals surface area contributed by atoms with Crippen LogP contribution in [0.15, 0.2) is 4.79 Å². The van der Waals surface area contributed by atoms with Crippen LogP contribution in [0.2, 0.25) is 9.36 Å². The number of aromatic nitrogens is 1. The lowest BCUT2D eigenvalue weighted by atomic mass is 10.2. The number of ether oxygens (including phenoxy) is 1. The summed E-state index contributed by atoms with van der Waals surface area (Å²) in [6.07, 6.45) is -4.86. The number of alkyl halides is 3. The van der Waals surface area contributed by atoms with Gasteiger partial charge in [0.15, 0.2) is 0 Å². The van der Waals surface area contributed by atoms with Crippen molar-refractivity contribution in [2.75, 3.05) is 7.11 Å². The summed E-state index contributed by atoms with van der Waals surface area (Å²) in [6, 6.07) is 0. The Bertz CT molecular complexity index is 766. The highest BCUT2D eigenvalue weighted by atomic mass is 35.5. The molecule has 0 atom stereocenters. The second-order valence-electron chi connectivity index (χ2n) is 3.59. The van der Waals surface area contributed by atoms with Crippen molar-refractivity contribution in [3.8, 4) is 0 Å². The first-order valence-electron chi connectivity index (χ1n) is 4.87. The molecule has 0 bridgehead atoms. The molecule has 20 heavy (non-hydrogen) atoms. The van der Waals surface area contributed by atoms with E-state index in [4.69, 9.17) is 23.2 Å². The summed E-state index contributed by atoms with van der Waals surface area (Å²) in [7, 11) is 1.04. The number of methoxy groups -OCH3 is 1. The molecule has 108 valence electrons. The van der Waals surface area contributed by atoms with Crippen LogP contribution in [0.1, 0.15) is 15.9 Å². The van der Waals surface area contributed by atoms with E-state index in [9.17, 15) is 22.8 Å². The molecule has 0 saturated carbocycles. The monoisotopic (exact) mass is 345 g/mol. The average molecular weight is 346 g/mol. The van der Waals surface area contributed by atoms with Crippen LogP contribution in [0.25, 0.3) is 10.2 Å². The number of pyridine rings is 1. The highest BCUT2D eigenvalue weighted by Crippen LogP contribution is 2.43. The van der Waals surface area contributed by atoms with Crippen molar-refractivity contribution in [3.63, 3.8) is 0 Å². The topological polar surface area (TPSA) is 59.2 Å². The quantitative estimate of drug-likeness (QED) is 0.801. The zero-order valence-electron chi connectivity index (χ0n) is 9.52. The van der Waals surface area contributed by atoms with Gasteiger partial charge in [0.05, 0.1) is 22.9 Å². The number of halogens is 5. The number of rotatable bonds is 1. The van der Waals surface area contributed by atoms with Crippen LogP contribution in [0.4, 0.5) is 13.2 Å². The van der Waals surface area contributed by atoms with Crippen molar-refractivity contribution in [1.29, 1.82) is 0 Å². The summed E-state index contributed by atoms with van der Waals surface area (Å²) >= 11 is 11.7. The molecule has 0 aromatic carbocycles. The number of H-pyrrole nitrogens is 1. The molecule has 0 aliphatic carbocycles. The number of hydrogen-bond donors (Lipinski definition) is 1. The van der Waals surface area contributed by atoms with Gasteiger partial charge in [-0.05, 0) is 0 Å². The van der Waals surface area contributed by atoms with Crippen molar-refractivity contribution in [2.45, 2.75) is 6.18 Å². The van der Waals surface area contributed by atoms with Crippen LogP contribution >= 0.6 is 34.5 Å². The number of nitrogens with one attached hydrogen (secondary N) is 1. The molecule has 0 fully saturated rings. The molecule has 10 heteroatoms. The van der Waals surface area contributed by atoms with Crippen molar-refractivity contribution < 1.29 is 22.7 Å². The van der Waals surface area contributed by atoms with E-state index in [0.29, 0.717) is 11.3 Å². The molecular weight excluding hydrogens is 342 g/mol. The van der Waals surface area contributed by atoms with Gasteiger partial charge < -0.3 is 9.72 Å². The lowest BCUT2D eigenvalue weighted by Gasteiger charge is -2.09. The SMILES string of the molecule is COC(=O)c1c(Cl)sc2c(C(F)(F)F)c(Cl)c(=O)[nH]c12. The van der Waals surface area contributed by atoms with Gasteiger partial charge >= 0.3 is 12.1 Å². The number of fused-ring (bicyclic) bond motifs is 1. The zero-order chi connectivity index (χ0) is 15.2. The molecular formula is C10H4Cl2F3NO3S. The molecule has 2 aromatic rings. The van der Waals surface area contributed by atoms with Crippen LogP contribution in [0.5, 0.6) is 0 Å². The lowest BCUT2D eigenvalue weighted by Crippen LogP contribution is -2.16. The third kappa shape index (κ3) is 2.27. The predicted molar refractivity (Wildman–Crippen MR) is 68.8 cm³/mol. The Hall–Kier alpha value is -1.25. The van der Waals surface area contributed by atoms with Gasteiger partial charge in [0.1, 0.15) is 14.9 Å². The van der Waals surface area contributed by atoms with Crippen molar-refractivity contribution in [1.82, 2.24) is 4.98 Å². The Kier molecular flexibility index (Phi) is 3.74. The van der Waals surface area contributed by atoms with Crippen LogP contribution in [0.3, 0.4) is 0 Å². The van der Waals surface area contributed by atoms with Crippen molar-refractivity contribution >= 4 is 50.7 Å². The van der Waals surface area contributed by atoms with E-state index >= 15 is 0 Å². The number of carbonyl (C=O) groups is 1. The maximum atomic E-state index is 13.0. The largest absolute Gasteiger partial charge is 0.465 e.